The second-order valence-corrected chi connectivity index (χ2v) is 14.9. The molecule has 11 nitrogen and oxygen atoms in total. The van der Waals surface area contributed by atoms with Gasteiger partial charge >= 0.3 is 0 Å². The standard InChI is InChI=1S/C25H36ClN5O6S/c1-23-7-14-8-24(2,10-23)12-25(9-14,11-23)30-19-16-20(29-22(26)28-19)31(13-27-16)21-18(33)17(32)15(37-21)5-3-4-6-38(34,35)36/h13-15,17-18,21,32-33H,3-12H2,1-2H3,(H,28,29,30)(H,34,35,36)/t14-,15-,17?,18?,21-,23+,24-,25-/m1/s1. The van der Waals surface area contributed by atoms with Gasteiger partial charge in [-0.15, -0.1) is 0 Å². The summed E-state index contributed by atoms with van der Waals surface area (Å²) in [4.78, 5) is 13.5. The molecule has 210 valence electrons. The van der Waals surface area contributed by atoms with Crippen LogP contribution in [-0.2, 0) is 14.9 Å². The van der Waals surface area contributed by atoms with Crippen molar-refractivity contribution in [2.45, 2.75) is 102 Å². The molecule has 1 aliphatic heterocycles. The summed E-state index contributed by atoms with van der Waals surface area (Å²) >= 11 is 6.39. The predicted molar refractivity (Wildman–Crippen MR) is 140 cm³/mol. The fourth-order valence-electron chi connectivity index (χ4n) is 8.83. The first-order valence-corrected chi connectivity index (χ1v) is 15.4. The molecule has 0 aromatic carbocycles. The fraction of sp³-hybridized carbons (Fsp3) is 0.800. The van der Waals surface area contributed by atoms with E-state index in [1.807, 2.05) is 0 Å². The lowest BCUT2D eigenvalue weighted by Gasteiger charge is -2.65. The van der Waals surface area contributed by atoms with Gasteiger partial charge in [-0.25, -0.2) is 4.98 Å². The second-order valence-electron chi connectivity index (χ2n) is 13.0. The molecule has 5 aliphatic rings. The quantitative estimate of drug-likeness (QED) is 0.211. The Morgan fingerprint density at radius 3 is 2.47 bits per heavy atom. The zero-order valence-corrected chi connectivity index (χ0v) is 23.2. The van der Waals surface area contributed by atoms with Gasteiger partial charge in [-0.2, -0.15) is 18.4 Å². The Morgan fingerprint density at radius 1 is 1.11 bits per heavy atom. The molecule has 0 amide bonds. The van der Waals surface area contributed by atoms with Gasteiger partial charge in [0, 0.05) is 5.54 Å². The summed E-state index contributed by atoms with van der Waals surface area (Å²) in [6.45, 7) is 4.82. The minimum Gasteiger partial charge on any atom is -0.388 e. The Kier molecular flexibility index (Phi) is 6.29. The summed E-state index contributed by atoms with van der Waals surface area (Å²) in [5.41, 5.74) is 1.47. The van der Waals surface area contributed by atoms with Crippen LogP contribution in [-0.4, -0.2) is 72.3 Å². The van der Waals surface area contributed by atoms with E-state index >= 15 is 0 Å². The Hall–Kier alpha value is -1.57. The number of nitrogens with one attached hydrogen (secondary N) is 1. The van der Waals surface area contributed by atoms with Gasteiger partial charge in [0.05, 0.1) is 18.2 Å². The highest BCUT2D eigenvalue weighted by Gasteiger charge is 2.60. The van der Waals surface area contributed by atoms with E-state index in [-0.39, 0.29) is 23.0 Å². The normalized spacial score (nSPS) is 40.3. The summed E-state index contributed by atoms with van der Waals surface area (Å²) in [6, 6.07) is 0. The molecule has 0 radical (unpaired) electrons. The summed E-state index contributed by atoms with van der Waals surface area (Å²) < 4.78 is 38.4. The highest BCUT2D eigenvalue weighted by atomic mass is 35.5. The van der Waals surface area contributed by atoms with Gasteiger partial charge in [-0.3, -0.25) is 9.12 Å². The topological polar surface area (TPSA) is 160 Å². The third-order valence-electron chi connectivity index (χ3n) is 9.16. The molecule has 3 heterocycles. The maximum absolute atomic E-state index is 11.0. The molecule has 38 heavy (non-hydrogen) atoms. The van der Waals surface area contributed by atoms with Crippen LogP contribution in [0.2, 0.25) is 5.28 Å². The van der Waals surface area contributed by atoms with Gasteiger partial charge in [0.15, 0.2) is 23.2 Å². The second kappa shape index (κ2) is 8.97. The predicted octanol–water partition coefficient (Wildman–Crippen LogP) is 3.32. The smallest absolute Gasteiger partial charge is 0.264 e. The van der Waals surface area contributed by atoms with Crippen molar-refractivity contribution in [3.8, 4) is 0 Å². The van der Waals surface area contributed by atoms with E-state index in [1.54, 1.807) is 4.57 Å². The molecule has 13 heteroatoms. The monoisotopic (exact) mass is 569 g/mol. The number of hydrogen-bond acceptors (Lipinski definition) is 9. The number of halogens is 1. The zero-order chi connectivity index (χ0) is 27.1. The number of anilines is 1. The van der Waals surface area contributed by atoms with Crippen LogP contribution in [0, 0.1) is 16.7 Å². The van der Waals surface area contributed by atoms with Crippen molar-refractivity contribution < 1.29 is 27.9 Å². The number of aromatic nitrogens is 4. The molecule has 5 fully saturated rings. The number of imidazole rings is 1. The van der Waals surface area contributed by atoms with Crippen LogP contribution in [0.3, 0.4) is 0 Å². The molecular weight excluding hydrogens is 534 g/mol. The maximum Gasteiger partial charge on any atom is 0.264 e. The first-order chi connectivity index (χ1) is 17.8. The van der Waals surface area contributed by atoms with Crippen LogP contribution in [0.15, 0.2) is 6.33 Å². The molecule has 2 aromatic heterocycles. The van der Waals surface area contributed by atoms with E-state index in [4.69, 9.17) is 20.9 Å². The molecule has 1 saturated heterocycles. The van der Waals surface area contributed by atoms with Gasteiger partial charge < -0.3 is 20.3 Å². The molecular formula is C25H36ClN5O6S. The largest absolute Gasteiger partial charge is 0.388 e. The van der Waals surface area contributed by atoms with E-state index in [1.165, 1.54) is 25.6 Å². The van der Waals surface area contributed by atoms with Crippen molar-refractivity contribution in [1.29, 1.82) is 0 Å². The SMILES string of the molecule is C[C@]12C[C@@H]3C[C@](C)(C1)C[C@@](Nc1nc(Cl)nc4c1ncn4[C@@H]1O[C@H](CCCCS(=O)(=O)O)C(O)C1O)(C3)C2. The third-order valence-corrected chi connectivity index (χ3v) is 10.1. The molecule has 8 atom stereocenters. The Morgan fingerprint density at radius 2 is 1.82 bits per heavy atom. The van der Waals surface area contributed by atoms with E-state index in [0.29, 0.717) is 46.6 Å². The van der Waals surface area contributed by atoms with Crippen LogP contribution in [0.25, 0.3) is 11.2 Å². The van der Waals surface area contributed by atoms with E-state index in [0.717, 1.165) is 19.3 Å². The number of hydrogen-bond donors (Lipinski definition) is 4. The van der Waals surface area contributed by atoms with Crippen LogP contribution in [0.1, 0.15) is 77.9 Å². The van der Waals surface area contributed by atoms with Crippen molar-refractivity contribution in [3.05, 3.63) is 11.6 Å². The average Bonchev–Trinajstić information content (AvgIpc) is 3.29. The maximum atomic E-state index is 11.0. The van der Waals surface area contributed by atoms with Gasteiger partial charge in [0.1, 0.15) is 12.2 Å². The molecule has 4 saturated carbocycles. The van der Waals surface area contributed by atoms with Crippen LogP contribution < -0.4 is 5.32 Å². The van der Waals surface area contributed by atoms with E-state index in [2.05, 4.69) is 34.1 Å². The molecule has 2 aromatic rings. The van der Waals surface area contributed by atoms with Crippen molar-refractivity contribution in [2.75, 3.05) is 11.1 Å². The highest BCUT2D eigenvalue weighted by Crippen LogP contribution is 2.67. The van der Waals surface area contributed by atoms with Crippen molar-refractivity contribution in [1.82, 2.24) is 19.5 Å². The number of ether oxygens (including phenoxy) is 1. The average molecular weight is 570 g/mol. The summed E-state index contributed by atoms with van der Waals surface area (Å²) in [7, 11) is -4.04. The molecule has 2 unspecified atom stereocenters. The number of aliphatic hydroxyl groups is 2. The third kappa shape index (κ3) is 4.81. The Labute approximate surface area is 227 Å². The molecule has 0 spiro atoms. The highest BCUT2D eigenvalue weighted by molar-refractivity contribution is 7.85. The van der Waals surface area contributed by atoms with E-state index < -0.39 is 34.7 Å². The van der Waals surface area contributed by atoms with Gasteiger partial charge in [-0.1, -0.05) is 13.8 Å². The number of nitrogens with zero attached hydrogens (tertiary/aromatic N) is 4. The summed E-state index contributed by atoms with van der Waals surface area (Å²) in [5, 5.41) is 25.2. The lowest BCUT2D eigenvalue weighted by molar-refractivity contribution is -0.0973. The van der Waals surface area contributed by atoms with Crippen molar-refractivity contribution in [2.24, 2.45) is 16.7 Å². The minimum atomic E-state index is -4.04. The lowest BCUT2D eigenvalue weighted by atomic mass is 9.43. The van der Waals surface area contributed by atoms with Gasteiger partial charge in [0.25, 0.3) is 10.1 Å². The molecule has 4 aliphatic carbocycles. The summed E-state index contributed by atoms with van der Waals surface area (Å²) in [5.74, 6) is 0.902. The van der Waals surface area contributed by atoms with Gasteiger partial charge in [0.2, 0.25) is 5.28 Å². The Balaban J connectivity index is 1.24. The summed E-state index contributed by atoms with van der Waals surface area (Å²) in [6.07, 6.45) is 5.43. The van der Waals surface area contributed by atoms with Crippen LogP contribution in [0.5, 0.6) is 0 Å². The number of unbranched alkanes of at least 4 members (excludes halogenated alkanes) is 1. The number of fused-ring (bicyclic) bond motifs is 1. The minimum absolute atomic E-state index is 0.0544. The fourth-order valence-corrected chi connectivity index (χ4v) is 9.56. The number of rotatable bonds is 8. The van der Waals surface area contributed by atoms with Crippen LogP contribution in [0.4, 0.5) is 5.82 Å². The van der Waals surface area contributed by atoms with Crippen molar-refractivity contribution in [3.63, 3.8) is 0 Å². The first kappa shape index (κ1) is 26.6. The molecule has 7 rings (SSSR count). The Bertz CT molecular complexity index is 1340. The molecule has 4 N–H and O–H groups in total. The first-order valence-electron chi connectivity index (χ1n) is 13.4. The van der Waals surface area contributed by atoms with Gasteiger partial charge in [-0.05, 0) is 86.1 Å². The number of aliphatic hydroxyl groups excluding tert-OH is 2. The molecule has 4 bridgehead atoms. The van der Waals surface area contributed by atoms with Crippen molar-refractivity contribution >= 4 is 38.7 Å². The van der Waals surface area contributed by atoms with Crippen LogP contribution >= 0.6 is 11.6 Å². The lowest BCUT2D eigenvalue weighted by Crippen LogP contribution is -2.61. The van der Waals surface area contributed by atoms with E-state index in [9.17, 15) is 18.6 Å². The zero-order valence-electron chi connectivity index (χ0n) is 21.7.